The van der Waals surface area contributed by atoms with Crippen LogP contribution in [0, 0.1) is 29.3 Å². The lowest BCUT2D eigenvalue weighted by atomic mass is 9.69. The summed E-state index contributed by atoms with van der Waals surface area (Å²) >= 11 is 0. The molecule has 0 radical (unpaired) electrons. The van der Waals surface area contributed by atoms with E-state index in [1.807, 2.05) is 6.92 Å². The molecule has 1 saturated carbocycles. The molecule has 2 aliphatic rings. The number of ether oxygens (including phenoxy) is 1. The third-order valence-corrected chi connectivity index (χ3v) is 11.5. The van der Waals surface area contributed by atoms with Crippen molar-refractivity contribution in [2.45, 2.75) is 60.4 Å². The molecule has 1 saturated heterocycles. The Morgan fingerprint density at radius 2 is 1.43 bits per heavy atom. The summed E-state index contributed by atoms with van der Waals surface area (Å²) in [6, 6.07) is 8.21. The van der Waals surface area contributed by atoms with Gasteiger partial charge in [0.2, 0.25) is 5.91 Å². The molecule has 15 heteroatoms. The number of benzene rings is 3. The van der Waals surface area contributed by atoms with Crippen molar-refractivity contribution in [1.29, 1.82) is 0 Å². The maximum Gasteiger partial charge on any atom is 0.430 e. The molecule has 1 amide bonds. The third-order valence-electron chi connectivity index (χ3n) is 8.99. The molecular formula is C32H28F9NO4S. The predicted molar refractivity (Wildman–Crippen MR) is 150 cm³/mol. The van der Waals surface area contributed by atoms with Crippen molar-refractivity contribution in [1.82, 2.24) is 4.90 Å². The van der Waals surface area contributed by atoms with Crippen LogP contribution in [-0.2, 0) is 36.3 Å². The number of halogens is 9. The largest absolute Gasteiger partial charge is 0.430 e. The Labute approximate surface area is 264 Å². The highest BCUT2D eigenvalue weighted by Crippen LogP contribution is 2.57. The fraction of sp³-hybridized carbons (Fsp3) is 0.406. The average Bonchev–Trinajstić information content (AvgIpc) is 3.39. The van der Waals surface area contributed by atoms with E-state index in [0.717, 1.165) is 48.9 Å². The number of rotatable bonds is 8. The van der Waals surface area contributed by atoms with Gasteiger partial charge in [0.25, 0.3) is 5.60 Å². The van der Waals surface area contributed by atoms with Crippen LogP contribution in [0.1, 0.15) is 42.9 Å². The van der Waals surface area contributed by atoms with Crippen LogP contribution in [-0.4, -0.2) is 44.7 Å². The van der Waals surface area contributed by atoms with Gasteiger partial charge in [0.1, 0.15) is 22.2 Å². The quantitative estimate of drug-likeness (QED) is 0.180. The standard InChI is InChI=1S/C32H28F9NO4S/c1-19-13-14-42(17-19)28(43)20-15-29(16-20,47(44,45)24-11-9-23(33)10-12-24)21-5-7-22(8-6-21)30(31(36,37)38,32(39,40)41)46-18-25-26(34)3-2-4-27(25)35/h2-12,19-20H,13-18H2,1H3/t19?,20-,29+. The third kappa shape index (κ3) is 5.89. The van der Waals surface area contributed by atoms with Gasteiger partial charge >= 0.3 is 12.4 Å². The van der Waals surface area contributed by atoms with Crippen molar-refractivity contribution < 1.29 is 57.5 Å². The van der Waals surface area contributed by atoms with E-state index >= 15 is 0 Å². The summed E-state index contributed by atoms with van der Waals surface area (Å²) in [4.78, 5) is 14.4. The highest BCUT2D eigenvalue weighted by atomic mass is 32.2. The minimum atomic E-state index is -6.20. The molecular weight excluding hydrogens is 665 g/mol. The number of hydrogen-bond acceptors (Lipinski definition) is 4. The summed E-state index contributed by atoms with van der Waals surface area (Å²) in [5, 5.41) is 0. The lowest BCUT2D eigenvalue weighted by Crippen LogP contribution is -2.56. The zero-order valence-corrected chi connectivity index (χ0v) is 25.5. The maximum absolute atomic E-state index is 14.4. The molecule has 1 aliphatic heterocycles. The Morgan fingerprint density at radius 3 is 1.91 bits per heavy atom. The van der Waals surface area contributed by atoms with E-state index in [9.17, 15) is 52.7 Å². The first-order valence-corrected chi connectivity index (χ1v) is 15.9. The van der Waals surface area contributed by atoms with Crippen LogP contribution < -0.4 is 0 Å². The van der Waals surface area contributed by atoms with E-state index in [2.05, 4.69) is 4.74 Å². The number of sulfone groups is 1. The van der Waals surface area contributed by atoms with Crippen LogP contribution >= 0.6 is 0 Å². The molecule has 0 bridgehead atoms. The molecule has 0 spiro atoms. The van der Waals surface area contributed by atoms with Crippen molar-refractivity contribution >= 4 is 15.7 Å². The molecule has 5 rings (SSSR count). The van der Waals surface area contributed by atoms with Gasteiger partial charge in [-0.3, -0.25) is 4.79 Å². The van der Waals surface area contributed by atoms with Crippen LogP contribution in [0.2, 0.25) is 0 Å². The molecule has 1 unspecified atom stereocenters. The van der Waals surface area contributed by atoms with Gasteiger partial charge in [-0.1, -0.05) is 37.3 Å². The van der Waals surface area contributed by atoms with Gasteiger partial charge < -0.3 is 9.64 Å². The summed E-state index contributed by atoms with van der Waals surface area (Å²) in [6.45, 7) is 1.10. The number of likely N-dealkylation sites (tertiary alicyclic amines) is 1. The van der Waals surface area contributed by atoms with E-state index in [-0.39, 0.29) is 35.1 Å². The summed E-state index contributed by atoms with van der Waals surface area (Å²) in [5.74, 6) is -4.51. The smallest absolute Gasteiger partial charge is 0.349 e. The Kier molecular flexibility index (Phi) is 8.97. The predicted octanol–water partition coefficient (Wildman–Crippen LogP) is 7.59. The monoisotopic (exact) mass is 693 g/mol. The van der Waals surface area contributed by atoms with Gasteiger partial charge in [0, 0.05) is 30.1 Å². The fourth-order valence-electron chi connectivity index (χ4n) is 6.35. The molecule has 2 fully saturated rings. The van der Waals surface area contributed by atoms with E-state index < -0.39 is 73.6 Å². The molecule has 1 atom stereocenters. The molecule has 254 valence electrons. The summed E-state index contributed by atoms with van der Waals surface area (Å²) < 4.78 is 159. The lowest BCUT2D eigenvalue weighted by molar-refractivity contribution is -0.392. The van der Waals surface area contributed by atoms with Gasteiger partial charge in [0.15, 0.2) is 9.84 Å². The van der Waals surface area contributed by atoms with Crippen molar-refractivity contribution in [2.24, 2.45) is 11.8 Å². The molecule has 1 aliphatic carbocycles. The highest BCUT2D eigenvalue weighted by Gasteiger charge is 2.73. The first kappa shape index (κ1) is 34.7. The molecule has 0 aromatic heterocycles. The zero-order valence-electron chi connectivity index (χ0n) is 24.6. The summed E-state index contributed by atoms with van der Waals surface area (Å²) in [6.07, 6.45) is -12.3. The average molecular weight is 694 g/mol. The van der Waals surface area contributed by atoms with Gasteiger partial charge in [0.05, 0.1) is 11.5 Å². The zero-order chi connectivity index (χ0) is 34.6. The SMILES string of the molecule is CC1CCN(C(=O)[C@H]2C[C@@](c3ccc(C(OCc4c(F)cccc4F)(C(F)(F)F)C(F)(F)F)cc3)(S(=O)(=O)c3ccc(F)cc3)C2)C1. The molecule has 3 aromatic rings. The van der Waals surface area contributed by atoms with Gasteiger partial charge in [-0.15, -0.1) is 0 Å². The second-order valence-electron chi connectivity index (χ2n) is 12.0. The molecule has 1 heterocycles. The molecule has 3 aromatic carbocycles. The number of carbonyl (C=O) groups excluding carboxylic acids is 1. The van der Waals surface area contributed by atoms with Crippen molar-refractivity contribution in [3.8, 4) is 0 Å². The lowest BCUT2D eigenvalue weighted by Gasteiger charge is -2.47. The summed E-state index contributed by atoms with van der Waals surface area (Å²) in [5.41, 5.74) is -7.96. The number of nitrogens with zero attached hydrogens (tertiary/aromatic N) is 1. The molecule has 5 nitrogen and oxygen atoms in total. The van der Waals surface area contributed by atoms with E-state index in [1.165, 1.54) is 0 Å². The summed E-state index contributed by atoms with van der Waals surface area (Å²) in [7, 11) is -4.49. The fourth-order valence-corrected chi connectivity index (χ4v) is 8.58. The topological polar surface area (TPSA) is 63.7 Å². The van der Waals surface area contributed by atoms with E-state index in [4.69, 9.17) is 0 Å². The van der Waals surface area contributed by atoms with Crippen LogP contribution in [0.15, 0.2) is 71.6 Å². The Bertz CT molecular complexity index is 1700. The minimum Gasteiger partial charge on any atom is -0.349 e. The van der Waals surface area contributed by atoms with E-state index in [1.54, 1.807) is 4.90 Å². The van der Waals surface area contributed by atoms with Gasteiger partial charge in [-0.2, -0.15) is 26.3 Å². The highest BCUT2D eigenvalue weighted by molar-refractivity contribution is 7.92. The number of hydrogen-bond donors (Lipinski definition) is 0. The van der Waals surface area contributed by atoms with Gasteiger partial charge in [-0.25, -0.2) is 21.6 Å². The Balaban J connectivity index is 1.56. The van der Waals surface area contributed by atoms with E-state index in [0.29, 0.717) is 37.4 Å². The van der Waals surface area contributed by atoms with Crippen molar-refractivity contribution in [3.63, 3.8) is 0 Å². The molecule has 47 heavy (non-hydrogen) atoms. The number of alkyl halides is 6. The van der Waals surface area contributed by atoms with Crippen LogP contribution in [0.3, 0.4) is 0 Å². The Morgan fingerprint density at radius 1 is 0.872 bits per heavy atom. The van der Waals surface area contributed by atoms with Crippen molar-refractivity contribution in [3.05, 3.63) is 101 Å². The van der Waals surface area contributed by atoms with Gasteiger partial charge in [-0.05, 0) is 67.1 Å². The maximum atomic E-state index is 14.4. The normalized spacial score (nSPS) is 22.3. The van der Waals surface area contributed by atoms with Crippen molar-refractivity contribution in [2.75, 3.05) is 13.1 Å². The van der Waals surface area contributed by atoms with Crippen LogP contribution in [0.5, 0.6) is 0 Å². The van der Waals surface area contributed by atoms with Crippen LogP contribution in [0.4, 0.5) is 39.5 Å². The first-order chi connectivity index (χ1) is 21.8. The Hall–Kier alpha value is -3.59. The number of carbonyl (C=O) groups is 1. The molecule has 0 N–H and O–H groups in total. The second-order valence-corrected chi connectivity index (χ2v) is 14.2. The van der Waals surface area contributed by atoms with Crippen LogP contribution in [0.25, 0.3) is 0 Å². The minimum absolute atomic E-state index is 0.206. The second kappa shape index (κ2) is 12.1. The number of amides is 1. The first-order valence-electron chi connectivity index (χ1n) is 14.4.